The smallest absolute Gasteiger partial charge is 0.0964 e. The lowest BCUT2D eigenvalue weighted by atomic mass is 9.96. The van der Waals surface area contributed by atoms with Gasteiger partial charge in [0.1, 0.15) is 0 Å². The van der Waals surface area contributed by atoms with E-state index in [-0.39, 0.29) is 6.04 Å². The van der Waals surface area contributed by atoms with Crippen molar-refractivity contribution < 1.29 is 4.74 Å². The van der Waals surface area contributed by atoms with Crippen molar-refractivity contribution in [1.29, 1.82) is 0 Å². The molecule has 0 amide bonds. The highest BCUT2D eigenvalue weighted by molar-refractivity contribution is 6.35. The zero-order valence-electron chi connectivity index (χ0n) is 17.7. The lowest BCUT2D eigenvalue weighted by Gasteiger charge is -2.36. The van der Waals surface area contributed by atoms with Crippen molar-refractivity contribution in [3.63, 3.8) is 0 Å². The number of benzene rings is 2. The van der Waals surface area contributed by atoms with Gasteiger partial charge in [-0.2, -0.15) is 0 Å². The first-order chi connectivity index (χ1) is 15.1. The molecule has 1 saturated heterocycles. The van der Waals surface area contributed by atoms with Gasteiger partial charge in [-0.25, -0.2) is 4.98 Å². The summed E-state index contributed by atoms with van der Waals surface area (Å²) < 4.78 is 7.72. The summed E-state index contributed by atoms with van der Waals surface area (Å²) in [5, 5.41) is 1.33. The van der Waals surface area contributed by atoms with Gasteiger partial charge in [0.15, 0.2) is 0 Å². The fraction of sp³-hybridized carbons (Fsp3) is 0.400. The van der Waals surface area contributed by atoms with Crippen LogP contribution in [0.25, 0.3) is 16.6 Å². The molecular formula is C25H27Cl2N3O. The van der Waals surface area contributed by atoms with Crippen LogP contribution in [0.15, 0.2) is 48.8 Å². The third-order valence-electron chi connectivity index (χ3n) is 6.72. The number of hydrogen-bond donors (Lipinski definition) is 0. The average molecular weight is 456 g/mol. The number of aromatic nitrogens is 2. The predicted molar refractivity (Wildman–Crippen MR) is 128 cm³/mol. The van der Waals surface area contributed by atoms with E-state index in [2.05, 4.69) is 45.6 Å². The second-order valence-corrected chi connectivity index (χ2v) is 9.36. The Balaban J connectivity index is 1.41. The molecule has 0 bridgehead atoms. The van der Waals surface area contributed by atoms with Crippen molar-refractivity contribution in [2.45, 2.75) is 38.3 Å². The van der Waals surface area contributed by atoms with E-state index in [9.17, 15) is 0 Å². The molecular weight excluding hydrogens is 429 g/mol. The summed E-state index contributed by atoms with van der Waals surface area (Å²) in [5.41, 5.74) is 5.88. The van der Waals surface area contributed by atoms with E-state index in [0.717, 1.165) is 62.2 Å². The second kappa shape index (κ2) is 8.95. The van der Waals surface area contributed by atoms with Crippen LogP contribution in [0.5, 0.6) is 0 Å². The van der Waals surface area contributed by atoms with Gasteiger partial charge in [0.2, 0.25) is 0 Å². The first kappa shape index (κ1) is 21.0. The van der Waals surface area contributed by atoms with Crippen LogP contribution in [0.4, 0.5) is 0 Å². The Kier molecular flexibility index (Phi) is 6.07. The number of ether oxygens (including phenoxy) is 1. The van der Waals surface area contributed by atoms with Crippen molar-refractivity contribution in [1.82, 2.24) is 14.5 Å². The number of fused-ring (bicyclic) bond motifs is 1. The molecule has 0 aliphatic carbocycles. The molecule has 0 N–H and O–H groups in total. The van der Waals surface area contributed by atoms with Gasteiger partial charge >= 0.3 is 0 Å². The molecule has 3 heterocycles. The lowest BCUT2D eigenvalue weighted by Crippen LogP contribution is -2.41. The minimum Gasteiger partial charge on any atom is -0.381 e. The first-order valence-electron chi connectivity index (χ1n) is 11.0. The summed E-state index contributed by atoms with van der Waals surface area (Å²) in [4.78, 5) is 7.24. The fourth-order valence-electron chi connectivity index (χ4n) is 4.85. The molecule has 1 aromatic heterocycles. The SMILES string of the molecule is C[C@H](c1ccc(Cl)cc1Cl)n1cnc2ccc(C3=CCN(C4CCOCC4)CC3)cc21. The molecule has 2 aliphatic rings. The molecule has 0 saturated carbocycles. The van der Waals surface area contributed by atoms with Gasteiger partial charge in [0, 0.05) is 42.4 Å². The van der Waals surface area contributed by atoms with Crippen LogP contribution in [-0.2, 0) is 4.74 Å². The first-order valence-corrected chi connectivity index (χ1v) is 11.8. The van der Waals surface area contributed by atoms with Gasteiger partial charge < -0.3 is 9.30 Å². The molecule has 1 fully saturated rings. The highest BCUT2D eigenvalue weighted by Gasteiger charge is 2.23. The maximum absolute atomic E-state index is 6.48. The van der Waals surface area contributed by atoms with Crippen molar-refractivity contribution in [2.24, 2.45) is 0 Å². The topological polar surface area (TPSA) is 30.3 Å². The van der Waals surface area contributed by atoms with E-state index < -0.39 is 0 Å². The third kappa shape index (κ3) is 4.27. The van der Waals surface area contributed by atoms with Crippen LogP contribution in [-0.4, -0.2) is 46.8 Å². The van der Waals surface area contributed by atoms with Gasteiger partial charge in [-0.3, -0.25) is 4.90 Å². The molecule has 5 rings (SSSR count). The fourth-order valence-corrected chi connectivity index (χ4v) is 5.42. The maximum Gasteiger partial charge on any atom is 0.0964 e. The van der Waals surface area contributed by atoms with Crippen molar-refractivity contribution in [2.75, 3.05) is 26.3 Å². The molecule has 0 radical (unpaired) electrons. The molecule has 6 heteroatoms. The van der Waals surface area contributed by atoms with E-state index in [4.69, 9.17) is 27.9 Å². The third-order valence-corrected chi connectivity index (χ3v) is 7.29. The Morgan fingerprint density at radius 2 is 1.94 bits per heavy atom. The van der Waals surface area contributed by atoms with Crippen molar-refractivity contribution in [3.8, 4) is 0 Å². The van der Waals surface area contributed by atoms with E-state index in [1.807, 2.05) is 18.5 Å². The maximum atomic E-state index is 6.48. The lowest BCUT2D eigenvalue weighted by molar-refractivity contribution is 0.0378. The Hall–Kier alpha value is -1.85. The quantitative estimate of drug-likeness (QED) is 0.467. The van der Waals surface area contributed by atoms with Crippen LogP contribution >= 0.6 is 23.2 Å². The summed E-state index contributed by atoms with van der Waals surface area (Å²) >= 11 is 12.6. The minimum atomic E-state index is 0.0642. The Bertz CT molecular complexity index is 1120. The number of hydrogen-bond acceptors (Lipinski definition) is 3. The van der Waals surface area contributed by atoms with Crippen LogP contribution in [0.2, 0.25) is 10.0 Å². The molecule has 0 spiro atoms. The van der Waals surface area contributed by atoms with Crippen LogP contribution in [0, 0.1) is 0 Å². The number of nitrogens with zero attached hydrogens (tertiary/aromatic N) is 3. The van der Waals surface area contributed by atoms with Gasteiger partial charge in [0.25, 0.3) is 0 Å². The van der Waals surface area contributed by atoms with Crippen molar-refractivity contribution in [3.05, 3.63) is 70.0 Å². The zero-order valence-corrected chi connectivity index (χ0v) is 19.2. The van der Waals surface area contributed by atoms with Gasteiger partial charge in [0.05, 0.1) is 23.4 Å². The van der Waals surface area contributed by atoms with Crippen molar-refractivity contribution >= 4 is 39.8 Å². The zero-order chi connectivity index (χ0) is 21.4. The van der Waals surface area contributed by atoms with E-state index in [0.29, 0.717) is 16.1 Å². The molecule has 3 aromatic rings. The summed E-state index contributed by atoms with van der Waals surface area (Å²) in [7, 11) is 0. The summed E-state index contributed by atoms with van der Waals surface area (Å²) in [6.07, 6.45) is 7.70. The molecule has 0 unspecified atom stereocenters. The van der Waals surface area contributed by atoms with E-state index in [1.165, 1.54) is 11.1 Å². The molecule has 31 heavy (non-hydrogen) atoms. The van der Waals surface area contributed by atoms with Gasteiger partial charge in [-0.15, -0.1) is 0 Å². The molecule has 162 valence electrons. The predicted octanol–water partition coefficient (Wildman–Crippen LogP) is 6.22. The van der Waals surface area contributed by atoms with Crippen LogP contribution in [0.1, 0.15) is 43.4 Å². The highest BCUT2D eigenvalue weighted by atomic mass is 35.5. The molecule has 2 aromatic carbocycles. The van der Waals surface area contributed by atoms with Gasteiger partial charge in [-0.1, -0.05) is 41.4 Å². The molecule has 4 nitrogen and oxygen atoms in total. The monoisotopic (exact) mass is 455 g/mol. The summed E-state index contributed by atoms with van der Waals surface area (Å²) in [6.45, 7) is 6.08. The van der Waals surface area contributed by atoms with E-state index >= 15 is 0 Å². The molecule has 1 atom stereocenters. The number of halogens is 2. The van der Waals surface area contributed by atoms with E-state index in [1.54, 1.807) is 6.07 Å². The molecule has 2 aliphatic heterocycles. The summed E-state index contributed by atoms with van der Waals surface area (Å²) in [5.74, 6) is 0. The second-order valence-electron chi connectivity index (χ2n) is 8.51. The normalized spacial score (nSPS) is 19.5. The average Bonchev–Trinajstić information content (AvgIpc) is 3.23. The Labute approximate surface area is 193 Å². The Morgan fingerprint density at radius 1 is 1.10 bits per heavy atom. The van der Waals surface area contributed by atoms with Gasteiger partial charge in [-0.05, 0) is 67.2 Å². The minimum absolute atomic E-state index is 0.0642. The standard InChI is InChI=1S/C25H27Cl2N3O/c1-17(22-4-3-20(26)15-23(22)27)30-16-28-24-5-2-19(14-25(24)30)18-6-10-29(11-7-18)21-8-12-31-13-9-21/h2-6,14-17,21H,7-13H2,1H3/t17-/m1/s1. The largest absolute Gasteiger partial charge is 0.381 e. The number of rotatable bonds is 4. The highest BCUT2D eigenvalue weighted by Crippen LogP contribution is 2.32. The number of imidazole rings is 1. The Morgan fingerprint density at radius 3 is 2.68 bits per heavy atom. The summed E-state index contributed by atoms with van der Waals surface area (Å²) in [6, 6.07) is 13.0. The van der Waals surface area contributed by atoms with Crippen LogP contribution < -0.4 is 0 Å². The van der Waals surface area contributed by atoms with Crippen LogP contribution in [0.3, 0.4) is 0 Å².